The molecule has 2 fully saturated rings. The topological polar surface area (TPSA) is 24.9 Å². The van der Waals surface area contributed by atoms with Crippen LogP contribution in [0, 0.1) is 0 Å². The minimum absolute atomic E-state index is 0.754. The molecular formula is C20H22N2O2S6. The van der Waals surface area contributed by atoms with Crippen LogP contribution >= 0.6 is 67.6 Å². The van der Waals surface area contributed by atoms with Crippen molar-refractivity contribution in [2.75, 3.05) is 52.6 Å². The third-order valence-electron chi connectivity index (χ3n) is 4.79. The summed E-state index contributed by atoms with van der Waals surface area (Å²) in [7, 11) is 6.79. The number of hydrogen-bond donors (Lipinski definition) is 0. The van der Waals surface area contributed by atoms with Crippen LogP contribution in [0.15, 0.2) is 46.2 Å². The normalized spacial score (nSPS) is 17.3. The molecule has 0 aromatic heterocycles. The van der Waals surface area contributed by atoms with Gasteiger partial charge in [-0.2, -0.15) is 0 Å². The zero-order chi connectivity index (χ0) is 20.8. The maximum Gasteiger partial charge on any atom is 0.147 e. The van der Waals surface area contributed by atoms with Crippen LogP contribution in [0.4, 0.5) is 0 Å². The molecule has 2 aliphatic heterocycles. The molecule has 4 rings (SSSR count). The van der Waals surface area contributed by atoms with E-state index in [1.54, 1.807) is 43.2 Å². The summed E-state index contributed by atoms with van der Waals surface area (Å²) in [5, 5.41) is 2.50. The first-order valence-electron chi connectivity index (χ1n) is 9.66. The molecule has 2 aliphatic rings. The van der Waals surface area contributed by atoms with Gasteiger partial charge in [-0.05, 0) is 66.1 Å². The fraction of sp³-hybridized carbons (Fsp3) is 0.400. The zero-order valence-electron chi connectivity index (χ0n) is 16.3. The fourth-order valence-corrected chi connectivity index (χ4v) is 8.28. The summed E-state index contributed by atoms with van der Waals surface area (Å²) >= 11 is 11.3. The molecule has 160 valence electrons. The van der Waals surface area contributed by atoms with Crippen molar-refractivity contribution in [2.24, 2.45) is 0 Å². The van der Waals surface area contributed by atoms with Crippen molar-refractivity contribution >= 4 is 87.0 Å². The third-order valence-corrected chi connectivity index (χ3v) is 11.0. The maximum absolute atomic E-state index is 5.63. The number of thiocarbonyl (C=S) groups is 2. The monoisotopic (exact) mass is 514 g/mol. The van der Waals surface area contributed by atoms with E-state index in [0.717, 1.165) is 61.2 Å². The van der Waals surface area contributed by atoms with Gasteiger partial charge >= 0.3 is 0 Å². The van der Waals surface area contributed by atoms with E-state index in [1.807, 2.05) is 0 Å². The molecular weight excluding hydrogens is 493 g/mol. The molecule has 2 heterocycles. The molecule has 0 N–H and O–H groups in total. The summed E-state index contributed by atoms with van der Waals surface area (Å²) in [5.74, 6) is 0. The van der Waals surface area contributed by atoms with Crippen molar-refractivity contribution in [3.8, 4) is 0 Å². The van der Waals surface area contributed by atoms with Crippen molar-refractivity contribution in [2.45, 2.75) is 9.79 Å². The summed E-state index contributed by atoms with van der Waals surface area (Å²) in [6, 6.07) is 13.0. The second kappa shape index (κ2) is 11.6. The van der Waals surface area contributed by atoms with E-state index in [9.17, 15) is 0 Å². The smallest absolute Gasteiger partial charge is 0.147 e. The van der Waals surface area contributed by atoms with Gasteiger partial charge in [-0.1, -0.05) is 48.7 Å². The lowest BCUT2D eigenvalue weighted by Gasteiger charge is -2.28. The lowest BCUT2D eigenvalue weighted by molar-refractivity contribution is 0.0702. The lowest BCUT2D eigenvalue weighted by atomic mass is 10.1. The standard InChI is InChI=1S/C20H22N2O2S6/c25-19(21-7-11-23-12-8-21)29-27-17-5-6-18(16-4-2-1-3-15(16)17)28-30-20(26)22-9-13-24-14-10-22/h1-6H,7-14H2. The van der Waals surface area contributed by atoms with Gasteiger partial charge in [0.1, 0.15) is 8.64 Å². The predicted molar refractivity (Wildman–Crippen MR) is 141 cm³/mol. The van der Waals surface area contributed by atoms with E-state index in [0.29, 0.717) is 0 Å². The highest BCUT2D eigenvalue weighted by atomic mass is 33.1. The molecule has 0 aliphatic carbocycles. The van der Waals surface area contributed by atoms with Gasteiger partial charge in [0.2, 0.25) is 0 Å². The second-order valence-electron chi connectivity index (χ2n) is 6.67. The second-order valence-corrected chi connectivity index (χ2v) is 12.3. The van der Waals surface area contributed by atoms with Gasteiger partial charge in [0.25, 0.3) is 0 Å². The summed E-state index contributed by atoms with van der Waals surface area (Å²) in [5.41, 5.74) is 0. The molecule has 0 atom stereocenters. The Kier molecular flexibility index (Phi) is 8.89. The maximum atomic E-state index is 5.63. The molecule has 0 spiro atoms. The van der Waals surface area contributed by atoms with Crippen LogP contribution in [0.1, 0.15) is 0 Å². The highest BCUT2D eigenvalue weighted by Crippen LogP contribution is 2.43. The first kappa shape index (κ1) is 23.0. The van der Waals surface area contributed by atoms with Crippen LogP contribution in [0.25, 0.3) is 10.8 Å². The van der Waals surface area contributed by atoms with Crippen molar-refractivity contribution in [1.82, 2.24) is 9.80 Å². The molecule has 2 aromatic rings. The van der Waals surface area contributed by atoms with Crippen molar-refractivity contribution in [3.05, 3.63) is 36.4 Å². The van der Waals surface area contributed by atoms with Gasteiger partial charge in [-0.25, -0.2) is 0 Å². The van der Waals surface area contributed by atoms with Gasteiger partial charge in [0.15, 0.2) is 0 Å². The van der Waals surface area contributed by atoms with E-state index in [1.165, 1.54) is 20.6 Å². The van der Waals surface area contributed by atoms with Gasteiger partial charge in [-0.3, -0.25) is 0 Å². The van der Waals surface area contributed by atoms with E-state index < -0.39 is 0 Å². The number of ether oxygens (including phenoxy) is 2. The van der Waals surface area contributed by atoms with Crippen LogP contribution in [-0.4, -0.2) is 71.0 Å². The Morgan fingerprint density at radius 1 is 0.667 bits per heavy atom. The molecule has 30 heavy (non-hydrogen) atoms. The minimum Gasteiger partial charge on any atom is -0.378 e. The van der Waals surface area contributed by atoms with E-state index >= 15 is 0 Å². The largest absolute Gasteiger partial charge is 0.378 e. The molecule has 0 amide bonds. The Morgan fingerprint density at radius 2 is 1.07 bits per heavy atom. The summed E-state index contributed by atoms with van der Waals surface area (Å²) < 4.78 is 12.7. The molecule has 0 bridgehead atoms. The predicted octanol–water partition coefficient (Wildman–Crippen LogP) is 5.55. The van der Waals surface area contributed by atoms with Crippen LogP contribution in [0.2, 0.25) is 0 Å². The van der Waals surface area contributed by atoms with Crippen molar-refractivity contribution < 1.29 is 9.47 Å². The summed E-state index contributed by atoms with van der Waals surface area (Å²) in [6.07, 6.45) is 0. The van der Waals surface area contributed by atoms with Gasteiger partial charge in [0, 0.05) is 36.0 Å². The number of fused-ring (bicyclic) bond motifs is 1. The van der Waals surface area contributed by atoms with Gasteiger partial charge < -0.3 is 19.3 Å². The summed E-state index contributed by atoms with van der Waals surface area (Å²) in [4.78, 5) is 6.92. The highest BCUT2D eigenvalue weighted by molar-refractivity contribution is 8.84. The number of benzene rings is 2. The fourth-order valence-electron chi connectivity index (χ4n) is 3.15. The Bertz CT molecular complexity index is 827. The zero-order valence-corrected chi connectivity index (χ0v) is 21.2. The molecule has 0 radical (unpaired) electrons. The Morgan fingerprint density at radius 3 is 1.47 bits per heavy atom. The molecule has 2 aromatic carbocycles. The average molecular weight is 515 g/mol. The highest BCUT2D eigenvalue weighted by Gasteiger charge is 2.17. The molecule has 0 unspecified atom stereocenters. The Balaban J connectivity index is 1.42. The van der Waals surface area contributed by atoms with E-state index in [2.05, 4.69) is 46.2 Å². The molecule has 4 nitrogen and oxygen atoms in total. The molecule has 0 saturated carbocycles. The van der Waals surface area contributed by atoms with E-state index in [4.69, 9.17) is 33.9 Å². The Hall–Kier alpha value is -0.200. The summed E-state index contributed by atoms with van der Waals surface area (Å²) in [6.45, 7) is 6.53. The third kappa shape index (κ3) is 5.98. The Labute approximate surface area is 204 Å². The van der Waals surface area contributed by atoms with Crippen LogP contribution < -0.4 is 0 Å². The first-order chi connectivity index (χ1) is 14.7. The average Bonchev–Trinajstić information content (AvgIpc) is 2.82. The number of morpholine rings is 2. The van der Waals surface area contributed by atoms with Gasteiger partial charge in [0.05, 0.1) is 26.4 Å². The van der Waals surface area contributed by atoms with Crippen LogP contribution in [0.5, 0.6) is 0 Å². The quantitative estimate of drug-likeness (QED) is 0.381. The number of rotatable bonds is 4. The number of hydrogen-bond acceptors (Lipinski definition) is 8. The SMILES string of the molecule is S=C(SSc1ccc(SSC(=S)N2CCOCC2)c2ccccc12)N1CCOCC1. The number of nitrogens with zero attached hydrogens (tertiary/aromatic N) is 2. The van der Waals surface area contributed by atoms with Crippen molar-refractivity contribution in [3.63, 3.8) is 0 Å². The van der Waals surface area contributed by atoms with E-state index in [-0.39, 0.29) is 0 Å². The minimum atomic E-state index is 0.754. The molecule has 10 heteroatoms. The van der Waals surface area contributed by atoms with Crippen molar-refractivity contribution in [1.29, 1.82) is 0 Å². The lowest BCUT2D eigenvalue weighted by Crippen LogP contribution is -2.38. The van der Waals surface area contributed by atoms with Crippen LogP contribution in [0.3, 0.4) is 0 Å². The van der Waals surface area contributed by atoms with Gasteiger partial charge in [-0.15, -0.1) is 0 Å². The molecule has 2 saturated heterocycles. The first-order valence-corrected chi connectivity index (χ1v) is 14.8. The van der Waals surface area contributed by atoms with Crippen LogP contribution in [-0.2, 0) is 9.47 Å².